The van der Waals surface area contributed by atoms with E-state index in [-0.39, 0.29) is 5.54 Å². The van der Waals surface area contributed by atoms with Gasteiger partial charge in [-0.2, -0.15) is 11.8 Å². The lowest BCUT2D eigenvalue weighted by molar-refractivity contribution is -0.134. The Hall–Kier alpha value is -0.220. The van der Waals surface area contributed by atoms with Crippen molar-refractivity contribution in [3.63, 3.8) is 0 Å². The van der Waals surface area contributed by atoms with E-state index >= 15 is 0 Å². The normalized spacial score (nSPS) is 39.4. The molecule has 1 spiro atoms. The first-order valence-corrected chi connectivity index (χ1v) is 10.2. The highest BCUT2D eigenvalue weighted by molar-refractivity contribution is 7.99. The van der Waals surface area contributed by atoms with Crippen LogP contribution in [0.2, 0.25) is 0 Å². The highest BCUT2D eigenvalue weighted by Crippen LogP contribution is 2.47. The van der Waals surface area contributed by atoms with Crippen LogP contribution in [-0.2, 0) is 4.79 Å². The fourth-order valence-corrected chi connectivity index (χ4v) is 5.58. The molecule has 0 aromatic rings. The highest BCUT2D eigenvalue weighted by atomic mass is 32.2. The van der Waals surface area contributed by atoms with Gasteiger partial charge >= 0.3 is 0 Å². The first-order valence-electron chi connectivity index (χ1n) is 8.87. The predicted octanol–water partition coefficient (Wildman–Crippen LogP) is 3.14. The third kappa shape index (κ3) is 2.42. The molecule has 1 aliphatic heterocycles. The molecule has 1 N–H and O–H groups in total. The van der Waals surface area contributed by atoms with Crippen molar-refractivity contribution in [2.24, 2.45) is 5.92 Å². The van der Waals surface area contributed by atoms with Crippen molar-refractivity contribution in [1.29, 1.82) is 0 Å². The molecule has 1 saturated heterocycles. The molecule has 3 aliphatic carbocycles. The van der Waals surface area contributed by atoms with E-state index in [1.54, 1.807) is 0 Å². The molecule has 4 fully saturated rings. The number of nitrogens with one attached hydrogen (secondary N) is 1. The molecule has 0 aromatic heterocycles. The minimum atomic E-state index is -0.121. The third-order valence-corrected chi connectivity index (χ3v) is 7.47. The summed E-state index contributed by atoms with van der Waals surface area (Å²) >= 11 is 2.01. The molecule has 1 atom stereocenters. The van der Waals surface area contributed by atoms with Gasteiger partial charge in [0.15, 0.2) is 0 Å². The Morgan fingerprint density at radius 3 is 2.33 bits per heavy atom. The summed E-state index contributed by atoms with van der Waals surface area (Å²) in [6.45, 7) is 0. The van der Waals surface area contributed by atoms with E-state index in [4.69, 9.17) is 0 Å². The summed E-state index contributed by atoms with van der Waals surface area (Å²) in [5, 5.41) is 4.60. The molecule has 0 radical (unpaired) electrons. The van der Waals surface area contributed by atoms with Crippen LogP contribution in [-0.4, -0.2) is 40.1 Å². The van der Waals surface area contributed by atoms with Gasteiger partial charge in [0.05, 0.1) is 11.7 Å². The summed E-state index contributed by atoms with van der Waals surface area (Å²) < 4.78 is 0. The maximum Gasteiger partial charge on any atom is 0.244 e. The van der Waals surface area contributed by atoms with E-state index < -0.39 is 0 Å². The number of thioether (sulfide) groups is 1. The van der Waals surface area contributed by atoms with Gasteiger partial charge in [-0.1, -0.05) is 12.8 Å². The van der Waals surface area contributed by atoms with Gasteiger partial charge in [-0.25, -0.2) is 0 Å². The number of nitrogens with zero attached hydrogens (tertiary/aromatic N) is 1. The van der Waals surface area contributed by atoms with Crippen molar-refractivity contribution in [3.05, 3.63) is 0 Å². The summed E-state index contributed by atoms with van der Waals surface area (Å²) in [6.07, 6.45) is 15.1. The van der Waals surface area contributed by atoms with E-state index in [2.05, 4.69) is 16.5 Å². The van der Waals surface area contributed by atoms with Crippen LogP contribution in [0.4, 0.5) is 0 Å². The average molecular weight is 308 g/mol. The van der Waals surface area contributed by atoms with Crippen molar-refractivity contribution < 1.29 is 4.79 Å². The Balaban J connectivity index is 1.51. The van der Waals surface area contributed by atoms with E-state index in [9.17, 15) is 4.79 Å². The fraction of sp³-hybridized carbons (Fsp3) is 0.941. The van der Waals surface area contributed by atoms with E-state index in [0.29, 0.717) is 24.0 Å². The number of rotatable bonds is 3. The van der Waals surface area contributed by atoms with Crippen molar-refractivity contribution >= 4 is 17.7 Å². The molecule has 0 aromatic carbocycles. The first kappa shape index (κ1) is 14.4. The number of hydrogen-bond donors (Lipinski definition) is 1. The molecule has 1 heterocycles. The molecule has 0 bridgehead atoms. The van der Waals surface area contributed by atoms with E-state index in [0.717, 1.165) is 18.1 Å². The zero-order valence-electron chi connectivity index (χ0n) is 13.1. The SMILES string of the molecule is CSC1CCC(N2C(=O)C3(CC3)NC2C2CCCC2)CC1. The summed E-state index contributed by atoms with van der Waals surface area (Å²) in [5.41, 5.74) is -0.121. The molecular weight excluding hydrogens is 280 g/mol. The van der Waals surface area contributed by atoms with Gasteiger partial charge in [-0.05, 0) is 63.5 Å². The predicted molar refractivity (Wildman–Crippen MR) is 87.3 cm³/mol. The van der Waals surface area contributed by atoms with Crippen LogP contribution in [0.25, 0.3) is 0 Å². The highest BCUT2D eigenvalue weighted by Gasteiger charge is 2.61. The van der Waals surface area contributed by atoms with Crippen molar-refractivity contribution in [2.45, 2.75) is 87.2 Å². The fourth-order valence-electron chi connectivity index (χ4n) is 4.84. The lowest BCUT2D eigenvalue weighted by Gasteiger charge is -2.39. The summed E-state index contributed by atoms with van der Waals surface area (Å²) in [4.78, 5) is 15.3. The zero-order valence-corrected chi connectivity index (χ0v) is 14.0. The van der Waals surface area contributed by atoms with E-state index in [1.807, 2.05) is 11.8 Å². The Morgan fingerprint density at radius 1 is 1.10 bits per heavy atom. The van der Waals surface area contributed by atoms with Crippen molar-refractivity contribution in [3.8, 4) is 0 Å². The van der Waals surface area contributed by atoms with Crippen LogP contribution in [0, 0.1) is 5.92 Å². The van der Waals surface area contributed by atoms with Crippen LogP contribution in [0.1, 0.15) is 64.2 Å². The van der Waals surface area contributed by atoms with Crippen LogP contribution in [0.15, 0.2) is 0 Å². The van der Waals surface area contributed by atoms with Gasteiger partial charge in [0, 0.05) is 11.3 Å². The zero-order chi connectivity index (χ0) is 14.4. The molecule has 1 amide bonds. The molecule has 3 saturated carbocycles. The molecule has 21 heavy (non-hydrogen) atoms. The quantitative estimate of drug-likeness (QED) is 0.869. The summed E-state index contributed by atoms with van der Waals surface area (Å²) in [6, 6.07) is 0.513. The monoisotopic (exact) mass is 308 g/mol. The number of amides is 1. The smallest absolute Gasteiger partial charge is 0.244 e. The first-order chi connectivity index (χ1) is 10.2. The largest absolute Gasteiger partial charge is 0.322 e. The minimum absolute atomic E-state index is 0.121. The van der Waals surface area contributed by atoms with Gasteiger partial charge in [-0.15, -0.1) is 0 Å². The Kier molecular flexibility index (Phi) is 3.73. The van der Waals surface area contributed by atoms with Crippen molar-refractivity contribution in [1.82, 2.24) is 10.2 Å². The summed E-state index contributed by atoms with van der Waals surface area (Å²) in [5.74, 6) is 1.17. The molecule has 118 valence electrons. The van der Waals surface area contributed by atoms with Crippen LogP contribution < -0.4 is 5.32 Å². The van der Waals surface area contributed by atoms with Gasteiger partial charge in [0.1, 0.15) is 0 Å². The Bertz CT molecular complexity index is 409. The van der Waals surface area contributed by atoms with Gasteiger partial charge < -0.3 is 4.90 Å². The standard InChI is InChI=1S/C17H28N2OS/c1-21-14-8-6-13(7-9-14)19-15(12-4-2-3-5-12)18-17(10-11-17)16(19)20/h12-15,18H,2-11H2,1H3. The second-order valence-corrected chi connectivity index (χ2v) is 8.73. The van der Waals surface area contributed by atoms with Crippen LogP contribution in [0.3, 0.4) is 0 Å². The Morgan fingerprint density at radius 2 is 1.76 bits per heavy atom. The van der Waals surface area contributed by atoms with E-state index in [1.165, 1.54) is 51.4 Å². The number of hydrogen-bond acceptors (Lipinski definition) is 3. The molecule has 3 nitrogen and oxygen atoms in total. The molecule has 1 unspecified atom stereocenters. The van der Waals surface area contributed by atoms with Crippen molar-refractivity contribution in [2.75, 3.05) is 6.26 Å². The second-order valence-electron chi connectivity index (χ2n) is 7.59. The molecule has 4 aliphatic rings. The molecular formula is C17H28N2OS. The molecule has 4 rings (SSSR count). The second kappa shape index (κ2) is 5.45. The summed E-state index contributed by atoms with van der Waals surface area (Å²) in [7, 11) is 0. The third-order valence-electron chi connectivity index (χ3n) is 6.33. The number of carbonyl (C=O) groups excluding carboxylic acids is 1. The van der Waals surface area contributed by atoms with Gasteiger partial charge in [0.25, 0.3) is 0 Å². The van der Waals surface area contributed by atoms with Crippen LogP contribution >= 0.6 is 11.8 Å². The maximum absolute atomic E-state index is 13.0. The topological polar surface area (TPSA) is 32.3 Å². The van der Waals surface area contributed by atoms with Gasteiger partial charge in [0.2, 0.25) is 5.91 Å². The Labute approximate surface area is 132 Å². The maximum atomic E-state index is 13.0. The average Bonchev–Trinajstić information content (AvgIpc) is 2.98. The van der Waals surface area contributed by atoms with Gasteiger partial charge in [-0.3, -0.25) is 10.1 Å². The minimum Gasteiger partial charge on any atom is -0.322 e. The molecule has 4 heteroatoms. The lowest BCUT2D eigenvalue weighted by atomic mass is 9.92. The lowest BCUT2D eigenvalue weighted by Crippen LogP contribution is -2.49. The number of carbonyl (C=O) groups is 1. The van der Waals surface area contributed by atoms with Crippen LogP contribution in [0.5, 0.6) is 0 Å².